The number of nitrogens with zero attached hydrogens (tertiary/aromatic N) is 1. The van der Waals surface area contributed by atoms with Crippen LogP contribution in [0, 0.1) is 0 Å². The van der Waals surface area contributed by atoms with Crippen molar-refractivity contribution in [3.63, 3.8) is 0 Å². The Bertz CT molecular complexity index is 1010. The summed E-state index contributed by atoms with van der Waals surface area (Å²) in [4.78, 5) is 12.2. The Morgan fingerprint density at radius 3 is 2.53 bits per heavy atom. The number of nitrogens with one attached hydrogen (secondary N) is 2. The minimum Gasteiger partial charge on any atom is -0.490 e. The van der Waals surface area contributed by atoms with Gasteiger partial charge in [0, 0.05) is 0 Å². The first-order chi connectivity index (χ1) is 14.7. The molecular formula is C23H22ClN3O3. The maximum absolute atomic E-state index is 12.2. The number of halogens is 1. The normalized spacial score (nSPS) is 10.6. The first-order valence-corrected chi connectivity index (χ1v) is 9.81. The van der Waals surface area contributed by atoms with E-state index in [-0.39, 0.29) is 12.5 Å². The van der Waals surface area contributed by atoms with Gasteiger partial charge >= 0.3 is 0 Å². The smallest absolute Gasteiger partial charge is 0.262 e. The molecule has 0 aliphatic heterocycles. The van der Waals surface area contributed by atoms with Crippen LogP contribution in [0.5, 0.6) is 11.5 Å². The van der Waals surface area contributed by atoms with E-state index in [0.29, 0.717) is 28.8 Å². The summed E-state index contributed by atoms with van der Waals surface area (Å²) in [6, 6.07) is 22.1. The Morgan fingerprint density at radius 2 is 1.77 bits per heavy atom. The zero-order valence-electron chi connectivity index (χ0n) is 16.5. The molecule has 3 rings (SSSR count). The van der Waals surface area contributed by atoms with Gasteiger partial charge in [-0.1, -0.05) is 41.9 Å². The molecule has 0 unspecified atom stereocenters. The third kappa shape index (κ3) is 6.25. The van der Waals surface area contributed by atoms with Crippen LogP contribution in [-0.4, -0.2) is 25.3 Å². The van der Waals surface area contributed by atoms with E-state index >= 15 is 0 Å². The first kappa shape index (κ1) is 21.2. The molecule has 0 aromatic heterocycles. The summed E-state index contributed by atoms with van der Waals surface area (Å²) in [6.07, 6.45) is 1.68. The molecule has 6 nitrogen and oxygen atoms in total. The Kier molecular flexibility index (Phi) is 7.69. The summed E-state index contributed by atoms with van der Waals surface area (Å²) in [7, 11) is 0. The fraction of sp³-hybridized carbons (Fsp3) is 0.130. The zero-order chi connectivity index (χ0) is 21.2. The van der Waals surface area contributed by atoms with E-state index in [2.05, 4.69) is 15.8 Å². The van der Waals surface area contributed by atoms with E-state index in [4.69, 9.17) is 21.1 Å². The Balaban J connectivity index is 1.61. The third-order valence-electron chi connectivity index (χ3n) is 3.96. The average molecular weight is 424 g/mol. The number of amides is 1. The fourth-order valence-electron chi connectivity index (χ4n) is 2.58. The van der Waals surface area contributed by atoms with Gasteiger partial charge in [-0.25, -0.2) is 0 Å². The van der Waals surface area contributed by atoms with Gasteiger partial charge in [0.05, 0.1) is 29.2 Å². The van der Waals surface area contributed by atoms with E-state index in [1.807, 2.05) is 43.3 Å². The number of carbonyl (C=O) groups is 1. The van der Waals surface area contributed by atoms with E-state index in [9.17, 15) is 4.79 Å². The molecule has 0 spiro atoms. The predicted molar refractivity (Wildman–Crippen MR) is 121 cm³/mol. The van der Waals surface area contributed by atoms with Crippen molar-refractivity contribution >= 4 is 35.1 Å². The van der Waals surface area contributed by atoms with Gasteiger partial charge in [0.2, 0.25) is 0 Å². The van der Waals surface area contributed by atoms with Crippen molar-refractivity contribution in [1.29, 1.82) is 0 Å². The molecule has 0 atom stereocenters. The second-order valence-electron chi connectivity index (χ2n) is 6.19. The van der Waals surface area contributed by atoms with Gasteiger partial charge in [0.15, 0.2) is 18.1 Å². The number of benzene rings is 3. The monoisotopic (exact) mass is 423 g/mol. The lowest BCUT2D eigenvalue weighted by atomic mass is 10.2. The van der Waals surface area contributed by atoms with Gasteiger partial charge in [0.25, 0.3) is 5.91 Å². The van der Waals surface area contributed by atoms with E-state index in [0.717, 1.165) is 11.3 Å². The van der Waals surface area contributed by atoms with Gasteiger partial charge in [-0.2, -0.15) is 5.10 Å². The molecule has 0 aliphatic rings. The maximum Gasteiger partial charge on any atom is 0.262 e. The maximum atomic E-state index is 12.2. The lowest BCUT2D eigenvalue weighted by Crippen LogP contribution is -2.20. The molecular weight excluding hydrogens is 402 g/mol. The van der Waals surface area contributed by atoms with Crippen LogP contribution < -0.4 is 20.2 Å². The number of para-hydroxylation sites is 2. The quantitative estimate of drug-likeness (QED) is 0.366. The molecule has 30 heavy (non-hydrogen) atoms. The van der Waals surface area contributed by atoms with Crippen molar-refractivity contribution in [2.24, 2.45) is 5.10 Å². The minimum absolute atomic E-state index is 0.172. The van der Waals surface area contributed by atoms with Crippen molar-refractivity contribution in [2.75, 3.05) is 24.0 Å². The lowest BCUT2D eigenvalue weighted by molar-refractivity contribution is -0.118. The fourth-order valence-corrected chi connectivity index (χ4v) is 2.76. The highest BCUT2D eigenvalue weighted by molar-refractivity contribution is 6.33. The van der Waals surface area contributed by atoms with Crippen molar-refractivity contribution < 1.29 is 14.3 Å². The Hall–Kier alpha value is -3.51. The number of hydrogen-bond donors (Lipinski definition) is 2. The Morgan fingerprint density at radius 1 is 1.00 bits per heavy atom. The molecule has 3 aromatic rings. The topological polar surface area (TPSA) is 71.9 Å². The standard InChI is InChI=1S/C23H22ClN3O3/c1-2-29-22-14-17(15-25-27-18-8-4-3-5-9-18)12-13-21(22)30-16-23(28)26-20-11-7-6-10-19(20)24/h3-15,27H,2,16H2,1H3,(H,26,28). The number of carbonyl (C=O) groups excluding carboxylic acids is 1. The lowest BCUT2D eigenvalue weighted by Gasteiger charge is -2.13. The van der Waals surface area contributed by atoms with Gasteiger partial charge in [-0.3, -0.25) is 10.2 Å². The molecule has 2 N–H and O–H groups in total. The molecule has 0 fully saturated rings. The summed E-state index contributed by atoms with van der Waals surface area (Å²) < 4.78 is 11.3. The van der Waals surface area contributed by atoms with Gasteiger partial charge in [-0.05, 0) is 55.0 Å². The van der Waals surface area contributed by atoms with Crippen LogP contribution in [-0.2, 0) is 4.79 Å². The minimum atomic E-state index is -0.316. The summed E-state index contributed by atoms with van der Waals surface area (Å²) in [6.45, 7) is 2.17. The van der Waals surface area contributed by atoms with E-state index in [1.54, 1.807) is 42.6 Å². The summed E-state index contributed by atoms with van der Waals surface area (Å²) in [5.74, 6) is 0.689. The predicted octanol–water partition coefficient (Wildman–Crippen LogP) is 5.20. The second kappa shape index (κ2) is 10.9. The number of rotatable bonds is 9. The molecule has 0 bridgehead atoms. The van der Waals surface area contributed by atoms with Crippen LogP contribution in [0.15, 0.2) is 77.9 Å². The summed E-state index contributed by atoms with van der Waals surface area (Å²) in [5, 5.41) is 7.41. The third-order valence-corrected chi connectivity index (χ3v) is 4.28. The van der Waals surface area contributed by atoms with E-state index in [1.165, 1.54) is 0 Å². The van der Waals surface area contributed by atoms with E-state index < -0.39 is 0 Å². The first-order valence-electron chi connectivity index (χ1n) is 9.44. The highest BCUT2D eigenvalue weighted by Crippen LogP contribution is 2.28. The highest BCUT2D eigenvalue weighted by Gasteiger charge is 2.10. The molecule has 0 saturated carbocycles. The van der Waals surface area contributed by atoms with Crippen LogP contribution in [0.25, 0.3) is 0 Å². The number of ether oxygens (including phenoxy) is 2. The van der Waals surface area contributed by atoms with Crippen LogP contribution >= 0.6 is 11.6 Å². The summed E-state index contributed by atoms with van der Waals surface area (Å²) in [5.41, 5.74) is 5.22. The van der Waals surface area contributed by atoms with Gasteiger partial charge in [0.1, 0.15) is 0 Å². The Labute approximate surface area is 180 Å². The van der Waals surface area contributed by atoms with Crippen molar-refractivity contribution in [2.45, 2.75) is 6.92 Å². The van der Waals surface area contributed by atoms with Gasteiger partial charge < -0.3 is 14.8 Å². The van der Waals surface area contributed by atoms with Crippen molar-refractivity contribution in [3.05, 3.63) is 83.4 Å². The number of anilines is 2. The number of hydrogen-bond acceptors (Lipinski definition) is 5. The zero-order valence-corrected chi connectivity index (χ0v) is 17.2. The molecule has 0 radical (unpaired) electrons. The summed E-state index contributed by atoms with van der Waals surface area (Å²) >= 11 is 6.06. The van der Waals surface area contributed by atoms with Gasteiger partial charge in [-0.15, -0.1) is 0 Å². The molecule has 154 valence electrons. The van der Waals surface area contributed by atoms with Crippen molar-refractivity contribution in [3.8, 4) is 11.5 Å². The van der Waals surface area contributed by atoms with Crippen LogP contribution in [0.3, 0.4) is 0 Å². The van der Waals surface area contributed by atoms with Crippen LogP contribution in [0.1, 0.15) is 12.5 Å². The molecule has 7 heteroatoms. The largest absolute Gasteiger partial charge is 0.490 e. The van der Waals surface area contributed by atoms with Crippen LogP contribution in [0.4, 0.5) is 11.4 Å². The number of hydrazone groups is 1. The molecule has 3 aromatic carbocycles. The SMILES string of the molecule is CCOc1cc(C=NNc2ccccc2)ccc1OCC(=O)Nc1ccccc1Cl. The molecule has 0 aliphatic carbocycles. The average Bonchev–Trinajstić information content (AvgIpc) is 2.76. The molecule has 0 heterocycles. The highest BCUT2D eigenvalue weighted by atomic mass is 35.5. The van der Waals surface area contributed by atoms with Crippen LogP contribution in [0.2, 0.25) is 5.02 Å². The molecule has 0 saturated heterocycles. The van der Waals surface area contributed by atoms with Crippen molar-refractivity contribution in [1.82, 2.24) is 0 Å². The second-order valence-corrected chi connectivity index (χ2v) is 6.60. The molecule has 1 amide bonds.